The summed E-state index contributed by atoms with van der Waals surface area (Å²) in [5, 5.41) is 2.89. The van der Waals surface area contributed by atoms with Gasteiger partial charge >= 0.3 is 11.9 Å². The summed E-state index contributed by atoms with van der Waals surface area (Å²) < 4.78 is 15.2. The first-order chi connectivity index (χ1) is 13.9. The molecule has 0 heterocycles. The van der Waals surface area contributed by atoms with Crippen molar-refractivity contribution in [3.8, 4) is 11.5 Å². The van der Waals surface area contributed by atoms with Crippen LogP contribution in [0, 0.1) is 5.92 Å². The van der Waals surface area contributed by atoms with E-state index in [0.29, 0.717) is 17.2 Å². The number of carbonyl (C=O) groups excluding carboxylic acids is 3. The average molecular weight is 399 g/mol. The molecule has 0 aliphatic rings. The van der Waals surface area contributed by atoms with Crippen molar-refractivity contribution in [2.75, 3.05) is 19.5 Å². The Hall–Kier alpha value is -3.35. The molecule has 2 aromatic carbocycles. The number of anilines is 1. The molecule has 0 fully saturated rings. The number of ether oxygens (including phenoxy) is 3. The highest BCUT2D eigenvalue weighted by Gasteiger charge is 2.20. The van der Waals surface area contributed by atoms with Crippen LogP contribution in [0.2, 0.25) is 0 Å². The molecule has 0 saturated heterocycles. The van der Waals surface area contributed by atoms with Gasteiger partial charge in [0.15, 0.2) is 0 Å². The van der Waals surface area contributed by atoms with Crippen LogP contribution in [-0.2, 0) is 14.3 Å². The maximum Gasteiger partial charge on any atom is 0.338 e. The van der Waals surface area contributed by atoms with Crippen molar-refractivity contribution in [1.82, 2.24) is 0 Å². The molecule has 7 nitrogen and oxygen atoms in total. The van der Waals surface area contributed by atoms with Gasteiger partial charge < -0.3 is 19.5 Å². The van der Waals surface area contributed by atoms with Gasteiger partial charge in [0.1, 0.15) is 11.5 Å². The largest absolute Gasteiger partial charge is 0.465 e. The summed E-state index contributed by atoms with van der Waals surface area (Å²) in [4.78, 5) is 36.2. The van der Waals surface area contributed by atoms with Crippen LogP contribution in [0.3, 0.4) is 0 Å². The first-order valence-corrected chi connectivity index (χ1v) is 9.32. The van der Waals surface area contributed by atoms with E-state index in [4.69, 9.17) is 14.2 Å². The average Bonchev–Trinajstić information content (AvgIpc) is 2.73. The second-order valence-corrected chi connectivity index (χ2v) is 6.32. The van der Waals surface area contributed by atoms with Gasteiger partial charge in [-0.05, 0) is 43.2 Å². The molecule has 7 heteroatoms. The predicted octanol–water partition coefficient (Wildman–Crippen LogP) is 4.43. The van der Waals surface area contributed by atoms with Crippen molar-refractivity contribution in [1.29, 1.82) is 0 Å². The van der Waals surface area contributed by atoms with Crippen LogP contribution in [0.5, 0.6) is 11.5 Å². The third kappa shape index (κ3) is 5.57. The SMILES string of the molecule is CCC(CC)C(=O)Nc1cccc(Oc2ccc(C(=O)OC)c(C(=O)OC)c2)c1. The fraction of sp³-hybridized carbons (Fsp3) is 0.318. The van der Waals surface area contributed by atoms with Crippen molar-refractivity contribution in [3.05, 3.63) is 53.6 Å². The molecule has 2 rings (SSSR count). The summed E-state index contributed by atoms with van der Waals surface area (Å²) >= 11 is 0. The molecule has 0 radical (unpaired) electrons. The third-order valence-corrected chi connectivity index (χ3v) is 4.50. The fourth-order valence-electron chi connectivity index (χ4n) is 2.83. The minimum absolute atomic E-state index is 0.0371. The van der Waals surface area contributed by atoms with Crippen LogP contribution in [-0.4, -0.2) is 32.1 Å². The van der Waals surface area contributed by atoms with Crippen molar-refractivity contribution < 1.29 is 28.6 Å². The van der Waals surface area contributed by atoms with Gasteiger partial charge in [0.25, 0.3) is 0 Å². The third-order valence-electron chi connectivity index (χ3n) is 4.50. The Morgan fingerprint density at radius 1 is 0.862 bits per heavy atom. The van der Waals surface area contributed by atoms with Gasteiger partial charge in [-0.15, -0.1) is 0 Å². The zero-order valence-corrected chi connectivity index (χ0v) is 17.0. The number of amides is 1. The van der Waals surface area contributed by atoms with Crippen LogP contribution < -0.4 is 10.1 Å². The highest BCUT2D eigenvalue weighted by molar-refractivity contribution is 6.03. The molecule has 0 aliphatic heterocycles. The lowest BCUT2D eigenvalue weighted by Gasteiger charge is -2.14. The first kappa shape index (κ1) is 21.9. The van der Waals surface area contributed by atoms with E-state index < -0.39 is 11.9 Å². The number of hydrogen-bond donors (Lipinski definition) is 1. The molecule has 0 unspecified atom stereocenters. The number of methoxy groups -OCH3 is 2. The molecular formula is C22H25NO6. The Bertz CT molecular complexity index is 889. The minimum atomic E-state index is -0.679. The molecule has 0 bridgehead atoms. The highest BCUT2D eigenvalue weighted by atomic mass is 16.5. The number of benzene rings is 2. The summed E-state index contributed by atoms with van der Waals surface area (Å²) in [6.07, 6.45) is 1.53. The molecule has 0 atom stereocenters. The molecule has 0 aliphatic carbocycles. The van der Waals surface area contributed by atoms with E-state index in [1.165, 1.54) is 26.4 Å². The van der Waals surface area contributed by atoms with Crippen molar-refractivity contribution >= 4 is 23.5 Å². The fourth-order valence-corrected chi connectivity index (χ4v) is 2.83. The molecule has 2 aromatic rings. The summed E-state index contributed by atoms with van der Waals surface area (Å²) in [6.45, 7) is 3.95. The van der Waals surface area contributed by atoms with Crippen LogP contribution in [0.4, 0.5) is 5.69 Å². The Kier molecular flexibility index (Phi) is 7.77. The maximum absolute atomic E-state index is 12.3. The van der Waals surface area contributed by atoms with E-state index >= 15 is 0 Å². The molecule has 154 valence electrons. The molecule has 1 amide bonds. The standard InChI is InChI=1S/C22H25NO6/c1-5-14(6-2)20(24)23-15-8-7-9-16(12-15)29-17-10-11-18(21(25)27-3)19(13-17)22(26)28-4/h7-14H,5-6H2,1-4H3,(H,23,24). The van der Waals surface area contributed by atoms with Crippen LogP contribution in [0.1, 0.15) is 47.4 Å². The summed E-state index contributed by atoms with van der Waals surface area (Å²) in [6, 6.07) is 11.3. The van der Waals surface area contributed by atoms with Gasteiger partial charge in [0.2, 0.25) is 5.91 Å². The van der Waals surface area contributed by atoms with Crippen molar-refractivity contribution in [2.24, 2.45) is 5.92 Å². The second-order valence-electron chi connectivity index (χ2n) is 6.32. The molecular weight excluding hydrogens is 374 g/mol. The Balaban J connectivity index is 2.24. The van der Waals surface area contributed by atoms with Crippen molar-refractivity contribution in [3.63, 3.8) is 0 Å². The summed E-state index contributed by atoms with van der Waals surface area (Å²) in [7, 11) is 2.46. The lowest BCUT2D eigenvalue weighted by atomic mass is 10.0. The van der Waals surface area contributed by atoms with Gasteiger partial charge in [0.05, 0.1) is 25.3 Å². The smallest absolute Gasteiger partial charge is 0.338 e. The number of hydrogen-bond acceptors (Lipinski definition) is 6. The van der Waals surface area contributed by atoms with E-state index in [2.05, 4.69) is 5.32 Å². The summed E-state index contributed by atoms with van der Waals surface area (Å²) in [5.74, 6) is -0.615. The Morgan fingerprint density at radius 2 is 1.48 bits per heavy atom. The van der Waals surface area contributed by atoms with E-state index in [9.17, 15) is 14.4 Å². The predicted molar refractivity (Wildman–Crippen MR) is 108 cm³/mol. The van der Waals surface area contributed by atoms with Crippen LogP contribution in [0.15, 0.2) is 42.5 Å². The Morgan fingerprint density at radius 3 is 2.10 bits per heavy atom. The number of nitrogens with one attached hydrogen (secondary N) is 1. The monoisotopic (exact) mass is 399 g/mol. The molecule has 0 spiro atoms. The lowest BCUT2D eigenvalue weighted by molar-refractivity contribution is -0.120. The van der Waals surface area contributed by atoms with Gasteiger partial charge in [-0.3, -0.25) is 4.79 Å². The number of esters is 2. The quantitative estimate of drug-likeness (QED) is 0.661. The normalized spacial score (nSPS) is 10.4. The summed E-state index contributed by atoms with van der Waals surface area (Å²) in [5.41, 5.74) is 0.728. The number of rotatable bonds is 8. The molecule has 1 N–H and O–H groups in total. The van der Waals surface area contributed by atoms with Gasteiger partial charge in [-0.2, -0.15) is 0 Å². The molecule has 29 heavy (non-hydrogen) atoms. The van der Waals surface area contributed by atoms with Crippen molar-refractivity contribution in [2.45, 2.75) is 26.7 Å². The second kappa shape index (κ2) is 10.3. The topological polar surface area (TPSA) is 90.9 Å². The van der Waals surface area contributed by atoms with E-state index in [1.54, 1.807) is 30.3 Å². The zero-order valence-electron chi connectivity index (χ0n) is 17.0. The van der Waals surface area contributed by atoms with E-state index in [-0.39, 0.29) is 23.0 Å². The first-order valence-electron chi connectivity index (χ1n) is 9.32. The van der Waals surface area contributed by atoms with Gasteiger partial charge in [0, 0.05) is 17.7 Å². The van der Waals surface area contributed by atoms with Gasteiger partial charge in [-0.25, -0.2) is 9.59 Å². The number of carbonyl (C=O) groups is 3. The van der Waals surface area contributed by atoms with Gasteiger partial charge in [-0.1, -0.05) is 19.9 Å². The van der Waals surface area contributed by atoms with Crippen LogP contribution in [0.25, 0.3) is 0 Å². The molecule has 0 saturated carbocycles. The van der Waals surface area contributed by atoms with Crippen LogP contribution >= 0.6 is 0 Å². The highest BCUT2D eigenvalue weighted by Crippen LogP contribution is 2.27. The zero-order chi connectivity index (χ0) is 21.4. The van der Waals surface area contributed by atoms with E-state index in [1.807, 2.05) is 13.8 Å². The van der Waals surface area contributed by atoms with E-state index in [0.717, 1.165) is 12.8 Å². The lowest BCUT2D eigenvalue weighted by Crippen LogP contribution is -2.21. The Labute approximate surface area is 170 Å². The molecule has 0 aromatic heterocycles. The minimum Gasteiger partial charge on any atom is -0.465 e. The maximum atomic E-state index is 12.3.